The van der Waals surface area contributed by atoms with Crippen LogP contribution in [0.3, 0.4) is 0 Å². The van der Waals surface area contributed by atoms with Crippen molar-refractivity contribution in [1.29, 1.82) is 0 Å². The van der Waals surface area contributed by atoms with Crippen molar-refractivity contribution >= 4 is 5.97 Å². The van der Waals surface area contributed by atoms with Crippen molar-refractivity contribution in [2.24, 2.45) is 11.8 Å². The van der Waals surface area contributed by atoms with Gasteiger partial charge >= 0.3 is 5.97 Å². The van der Waals surface area contributed by atoms with Crippen LogP contribution < -0.4 is 0 Å². The number of likely N-dealkylation sites (N-methyl/N-ethyl adjacent to an activating group) is 1. The van der Waals surface area contributed by atoms with E-state index in [-0.39, 0.29) is 11.9 Å². The molecule has 1 rings (SSSR count). The molecule has 0 aromatic heterocycles. The second-order valence-corrected chi connectivity index (χ2v) is 8.48. The fourth-order valence-electron chi connectivity index (χ4n) is 4.12. The quantitative estimate of drug-likeness (QED) is 0.294. The molecule has 0 heterocycles. The van der Waals surface area contributed by atoms with Crippen LogP contribution in [0.4, 0.5) is 0 Å². The van der Waals surface area contributed by atoms with E-state index in [1.165, 1.54) is 32.1 Å². The molecule has 2 unspecified atom stereocenters. The van der Waals surface area contributed by atoms with Crippen LogP contribution in [0.1, 0.15) is 85.0 Å². The number of hydrogen-bond acceptors (Lipinski definition) is 3. The van der Waals surface area contributed by atoms with Gasteiger partial charge in [0.05, 0.1) is 32.2 Å². The van der Waals surface area contributed by atoms with Crippen LogP contribution in [0.25, 0.3) is 0 Å². The van der Waals surface area contributed by atoms with Gasteiger partial charge in [-0.1, -0.05) is 51.9 Å². The molecule has 1 fully saturated rings. The van der Waals surface area contributed by atoms with Crippen molar-refractivity contribution < 1.29 is 19.1 Å². The van der Waals surface area contributed by atoms with Crippen molar-refractivity contribution in [1.82, 2.24) is 0 Å². The minimum atomic E-state index is -0.541. The third-order valence-electron chi connectivity index (χ3n) is 6.60. The number of carbonyl (C=O) groups excluding carboxylic acids is 1. The summed E-state index contributed by atoms with van der Waals surface area (Å²) in [6, 6.07) is 0. The molecule has 0 aliphatic heterocycles. The Morgan fingerprint density at radius 3 is 2.31 bits per heavy atom. The van der Waals surface area contributed by atoms with Crippen LogP contribution in [0, 0.1) is 11.8 Å². The fraction of sp³-hybridized carbons (Fsp3) is 0.955. The predicted octanol–water partition coefficient (Wildman–Crippen LogP) is 4.54. The summed E-state index contributed by atoms with van der Waals surface area (Å²) in [5.41, 5.74) is 0. The molecule has 4 heteroatoms. The standard InChI is InChI=1S/C22H44NO3/c1-5-8-9-13-16-20(24)21(19-14-11-10-12-15-19)22(25)26-18-17-23(4,6-2)7-3/h19-21,24H,5-18H2,1-4H3/q+1. The first-order valence-corrected chi connectivity index (χ1v) is 11.2. The van der Waals surface area contributed by atoms with Crippen molar-refractivity contribution in [3.63, 3.8) is 0 Å². The molecule has 0 aromatic carbocycles. The molecule has 154 valence electrons. The number of quaternary nitrogens is 1. The number of nitrogens with zero attached hydrogens (tertiary/aromatic N) is 1. The molecular weight excluding hydrogens is 326 g/mol. The summed E-state index contributed by atoms with van der Waals surface area (Å²) in [4.78, 5) is 12.8. The maximum Gasteiger partial charge on any atom is 0.312 e. The minimum absolute atomic E-state index is 0.154. The molecular formula is C22H44NO3+. The average Bonchev–Trinajstić information content (AvgIpc) is 2.66. The number of ether oxygens (including phenoxy) is 1. The zero-order valence-corrected chi connectivity index (χ0v) is 17.8. The number of rotatable bonds is 13. The Bertz CT molecular complexity index is 376. The molecule has 0 spiro atoms. The number of hydrogen-bond donors (Lipinski definition) is 1. The molecule has 0 radical (unpaired) electrons. The molecule has 26 heavy (non-hydrogen) atoms. The Hall–Kier alpha value is -0.610. The number of carbonyl (C=O) groups is 1. The highest BCUT2D eigenvalue weighted by atomic mass is 16.5. The van der Waals surface area contributed by atoms with Crippen LogP contribution in [0.15, 0.2) is 0 Å². The van der Waals surface area contributed by atoms with Crippen LogP contribution in [-0.4, -0.2) is 55.0 Å². The monoisotopic (exact) mass is 370 g/mol. The topological polar surface area (TPSA) is 46.5 Å². The smallest absolute Gasteiger partial charge is 0.312 e. The second-order valence-electron chi connectivity index (χ2n) is 8.48. The number of esters is 1. The largest absolute Gasteiger partial charge is 0.459 e. The molecule has 1 aliphatic rings. The van der Waals surface area contributed by atoms with Gasteiger partial charge in [0.25, 0.3) is 0 Å². The van der Waals surface area contributed by atoms with Gasteiger partial charge in [-0.15, -0.1) is 0 Å². The molecule has 4 nitrogen and oxygen atoms in total. The van der Waals surface area contributed by atoms with Gasteiger partial charge in [0.2, 0.25) is 0 Å². The molecule has 0 aromatic rings. The average molecular weight is 371 g/mol. The lowest BCUT2D eigenvalue weighted by atomic mass is 9.76. The van der Waals surface area contributed by atoms with Crippen LogP contribution in [0.2, 0.25) is 0 Å². The van der Waals surface area contributed by atoms with Gasteiger partial charge in [0.1, 0.15) is 13.2 Å². The predicted molar refractivity (Wildman–Crippen MR) is 108 cm³/mol. The zero-order valence-electron chi connectivity index (χ0n) is 17.8. The van der Waals surface area contributed by atoms with E-state index in [2.05, 4.69) is 27.8 Å². The third kappa shape index (κ3) is 7.96. The lowest BCUT2D eigenvalue weighted by Gasteiger charge is -2.34. The van der Waals surface area contributed by atoms with Gasteiger partial charge in [-0.3, -0.25) is 4.79 Å². The fourth-order valence-corrected chi connectivity index (χ4v) is 4.12. The summed E-state index contributed by atoms with van der Waals surface area (Å²) >= 11 is 0. The highest BCUT2D eigenvalue weighted by Gasteiger charge is 2.36. The van der Waals surface area contributed by atoms with Gasteiger partial charge in [-0.25, -0.2) is 0 Å². The first-order chi connectivity index (χ1) is 12.5. The Labute approximate surface area is 161 Å². The second kappa shape index (κ2) is 12.7. The normalized spacial score (nSPS) is 18.5. The summed E-state index contributed by atoms with van der Waals surface area (Å²) < 4.78 is 6.61. The Balaban J connectivity index is 2.60. The molecule has 0 bridgehead atoms. The van der Waals surface area contributed by atoms with Crippen LogP contribution >= 0.6 is 0 Å². The van der Waals surface area contributed by atoms with Crippen molar-refractivity contribution in [3.8, 4) is 0 Å². The van der Waals surface area contributed by atoms with Crippen molar-refractivity contribution in [2.75, 3.05) is 33.3 Å². The van der Waals surface area contributed by atoms with E-state index in [1.54, 1.807) is 0 Å². The summed E-state index contributed by atoms with van der Waals surface area (Å²) in [5, 5.41) is 10.8. The van der Waals surface area contributed by atoms with E-state index in [4.69, 9.17) is 4.74 Å². The summed E-state index contributed by atoms with van der Waals surface area (Å²) in [7, 11) is 2.20. The lowest BCUT2D eigenvalue weighted by Crippen LogP contribution is -2.46. The first kappa shape index (κ1) is 23.4. The summed E-state index contributed by atoms with van der Waals surface area (Å²) in [5.74, 6) is -0.173. The Morgan fingerprint density at radius 1 is 1.08 bits per heavy atom. The number of aliphatic hydroxyl groups is 1. The molecule has 1 saturated carbocycles. The van der Waals surface area contributed by atoms with E-state index < -0.39 is 6.10 Å². The summed E-state index contributed by atoms with van der Waals surface area (Å²) in [6.07, 6.45) is 10.5. The maximum atomic E-state index is 12.8. The number of unbranched alkanes of at least 4 members (excludes halogenated alkanes) is 3. The highest BCUT2D eigenvalue weighted by Crippen LogP contribution is 2.34. The minimum Gasteiger partial charge on any atom is -0.459 e. The highest BCUT2D eigenvalue weighted by molar-refractivity contribution is 5.73. The molecule has 0 amide bonds. The summed E-state index contributed by atoms with van der Waals surface area (Å²) in [6.45, 7) is 9.94. The van der Waals surface area contributed by atoms with E-state index in [9.17, 15) is 9.90 Å². The first-order valence-electron chi connectivity index (χ1n) is 11.2. The Kier molecular flexibility index (Phi) is 11.5. The third-order valence-corrected chi connectivity index (χ3v) is 6.60. The SMILES string of the molecule is CCCCCCC(O)C(C(=O)OCC[N+](C)(CC)CC)C1CCCCC1. The molecule has 1 aliphatic carbocycles. The van der Waals surface area contributed by atoms with Crippen LogP contribution in [0.5, 0.6) is 0 Å². The molecule has 2 atom stereocenters. The van der Waals surface area contributed by atoms with Gasteiger partial charge in [-0.2, -0.15) is 0 Å². The van der Waals surface area contributed by atoms with Gasteiger partial charge in [0.15, 0.2) is 0 Å². The van der Waals surface area contributed by atoms with E-state index in [0.29, 0.717) is 12.5 Å². The van der Waals surface area contributed by atoms with E-state index in [0.717, 1.165) is 56.2 Å². The molecule has 1 N–H and O–H groups in total. The zero-order chi connectivity index (χ0) is 19.4. The maximum absolute atomic E-state index is 12.8. The Morgan fingerprint density at radius 2 is 1.73 bits per heavy atom. The number of aliphatic hydroxyl groups excluding tert-OH is 1. The molecule has 0 saturated heterocycles. The van der Waals surface area contributed by atoms with E-state index in [1.807, 2.05) is 0 Å². The van der Waals surface area contributed by atoms with Gasteiger partial charge < -0.3 is 14.3 Å². The van der Waals surface area contributed by atoms with E-state index >= 15 is 0 Å². The van der Waals surface area contributed by atoms with Crippen molar-refractivity contribution in [2.45, 2.75) is 91.1 Å². The lowest BCUT2D eigenvalue weighted by molar-refractivity contribution is -0.906. The van der Waals surface area contributed by atoms with Gasteiger partial charge in [-0.05, 0) is 39.0 Å². The van der Waals surface area contributed by atoms with Crippen molar-refractivity contribution in [3.05, 3.63) is 0 Å². The van der Waals surface area contributed by atoms with Gasteiger partial charge in [0, 0.05) is 0 Å². The van der Waals surface area contributed by atoms with Crippen LogP contribution in [-0.2, 0) is 9.53 Å².